The lowest BCUT2D eigenvalue weighted by molar-refractivity contribution is 0.0696. The second-order valence-corrected chi connectivity index (χ2v) is 4.28. The Labute approximate surface area is 99.7 Å². The lowest BCUT2D eigenvalue weighted by Crippen LogP contribution is -2.09. The van der Waals surface area contributed by atoms with E-state index in [1.54, 1.807) is 6.07 Å². The number of carboxylic acid groups (broad SMARTS) is 1. The number of aryl methyl sites for hydroxylation is 2. The number of nitrogens with zero attached hydrogens (tertiary/aromatic N) is 1. The van der Waals surface area contributed by atoms with Crippen LogP contribution in [0.1, 0.15) is 21.5 Å². The molecule has 0 aliphatic rings. The van der Waals surface area contributed by atoms with E-state index in [-0.39, 0.29) is 0 Å². The van der Waals surface area contributed by atoms with Crippen LogP contribution >= 0.6 is 0 Å². The zero-order chi connectivity index (χ0) is 12.6. The fourth-order valence-corrected chi connectivity index (χ4v) is 2.17. The molecule has 2 aromatic rings. The third kappa shape index (κ3) is 1.91. The molecular formula is C13H16N2O2. The molecule has 0 aliphatic carbocycles. The van der Waals surface area contributed by atoms with Gasteiger partial charge in [-0.1, -0.05) is 0 Å². The molecule has 0 radical (unpaired) electrons. The average molecular weight is 232 g/mol. The first-order valence-electron chi connectivity index (χ1n) is 5.58. The maximum absolute atomic E-state index is 11.1. The summed E-state index contributed by atoms with van der Waals surface area (Å²) >= 11 is 0. The number of carboxylic acids is 1. The van der Waals surface area contributed by atoms with Crippen molar-refractivity contribution in [3.8, 4) is 0 Å². The van der Waals surface area contributed by atoms with Gasteiger partial charge in [-0.05, 0) is 37.1 Å². The molecule has 0 saturated carbocycles. The molecule has 1 aromatic carbocycles. The van der Waals surface area contributed by atoms with Crippen molar-refractivity contribution in [3.63, 3.8) is 0 Å². The molecule has 0 unspecified atom stereocenters. The highest BCUT2D eigenvalue weighted by Gasteiger charge is 2.12. The SMILES string of the molecule is Cc1cc2c(cc1C(=O)O)c(C)cn2CCN. The van der Waals surface area contributed by atoms with E-state index in [0.717, 1.165) is 28.6 Å². The smallest absolute Gasteiger partial charge is 0.335 e. The van der Waals surface area contributed by atoms with Crippen LogP contribution in [-0.4, -0.2) is 22.2 Å². The van der Waals surface area contributed by atoms with Crippen molar-refractivity contribution < 1.29 is 9.90 Å². The first-order valence-corrected chi connectivity index (χ1v) is 5.58. The van der Waals surface area contributed by atoms with Crippen molar-refractivity contribution in [2.24, 2.45) is 5.73 Å². The molecule has 1 aromatic heterocycles. The Bertz CT molecular complexity index is 585. The summed E-state index contributed by atoms with van der Waals surface area (Å²) in [7, 11) is 0. The van der Waals surface area contributed by atoms with Gasteiger partial charge in [-0.3, -0.25) is 0 Å². The molecule has 0 bridgehead atoms. The number of aromatic carboxylic acids is 1. The summed E-state index contributed by atoms with van der Waals surface area (Å²) in [5, 5.41) is 10.1. The van der Waals surface area contributed by atoms with Crippen molar-refractivity contribution >= 4 is 16.9 Å². The van der Waals surface area contributed by atoms with Gasteiger partial charge in [-0.15, -0.1) is 0 Å². The zero-order valence-corrected chi connectivity index (χ0v) is 10.0. The minimum Gasteiger partial charge on any atom is -0.478 e. The van der Waals surface area contributed by atoms with Gasteiger partial charge in [0.25, 0.3) is 0 Å². The van der Waals surface area contributed by atoms with E-state index >= 15 is 0 Å². The second kappa shape index (κ2) is 4.22. The Hall–Kier alpha value is -1.81. The van der Waals surface area contributed by atoms with E-state index in [1.807, 2.05) is 26.1 Å². The minimum absolute atomic E-state index is 0.367. The van der Waals surface area contributed by atoms with Gasteiger partial charge < -0.3 is 15.4 Å². The van der Waals surface area contributed by atoms with Gasteiger partial charge in [0.2, 0.25) is 0 Å². The number of hydrogen-bond donors (Lipinski definition) is 2. The van der Waals surface area contributed by atoms with Crippen molar-refractivity contribution in [3.05, 3.63) is 35.0 Å². The summed E-state index contributed by atoms with van der Waals surface area (Å²) in [5.41, 5.74) is 8.84. The first kappa shape index (κ1) is 11.7. The van der Waals surface area contributed by atoms with E-state index in [9.17, 15) is 4.79 Å². The summed E-state index contributed by atoms with van der Waals surface area (Å²) in [4.78, 5) is 11.1. The highest BCUT2D eigenvalue weighted by molar-refractivity contribution is 5.96. The van der Waals surface area contributed by atoms with Crippen LogP contribution in [0, 0.1) is 13.8 Å². The number of rotatable bonds is 3. The standard InChI is InChI=1S/C13H16N2O2/c1-8-5-12-10(6-11(8)13(16)17)9(2)7-15(12)4-3-14/h5-7H,3-4,14H2,1-2H3,(H,16,17). The molecule has 0 atom stereocenters. The highest BCUT2D eigenvalue weighted by Crippen LogP contribution is 2.24. The van der Waals surface area contributed by atoms with Gasteiger partial charge in [0.05, 0.1) is 5.56 Å². The molecule has 3 N–H and O–H groups in total. The Morgan fingerprint density at radius 1 is 1.35 bits per heavy atom. The maximum Gasteiger partial charge on any atom is 0.335 e. The monoisotopic (exact) mass is 232 g/mol. The van der Waals surface area contributed by atoms with Crippen LogP contribution in [0.3, 0.4) is 0 Å². The molecule has 0 aliphatic heterocycles. The highest BCUT2D eigenvalue weighted by atomic mass is 16.4. The Morgan fingerprint density at radius 2 is 2.06 bits per heavy atom. The molecule has 17 heavy (non-hydrogen) atoms. The van der Waals surface area contributed by atoms with Crippen LogP contribution in [0.2, 0.25) is 0 Å². The molecule has 0 fully saturated rings. The average Bonchev–Trinajstić information content (AvgIpc) is 2.55. The fraction of sp³-hybridized carbons (Fsp3) is 0.308. The number of hydrogen-bond acceptors (Lipinski definition) is 2. The molecule has 4 heteroatoms. The summed E-state index contributed by atoms with van der Waals surface area (Å²) < 4.78 is 2.07. The van der Waals surface area contributed by atoms with Crippen molar-refractivity contribution in [1.82, 2.24) is 4.57 Å². The van der Waals surface area contributed by atoms with Crippen LogP contribution in [0.5, 0.6) is 0 Å². The lowest BCUT2D eigenvalue weighted by atomic mass is 10.0. The summed E-state index contributed by atoms with van der Waals surface area (Å²) in [6.07, 6.45) is 2.02. The topological polar surface area (TPSA) is 68.2 Å². The first-order chi connectivity index (χ1) is 8.04. The second-order valence-electron chi connectivity index (χ2n) is 4.28. The Balaban J connectivity index is 2.71. The molecule has 0 amide bonds. The number of fused-ring (bicyclic) bond motifs is 1. The summed E-state index contributed by atoms with van der Waals surface area (Å²) in [5.74, 6) is -0.879. The van der Waals surface area contributed by atoms with Gasteiger partial charge in [0.15, 0.2) is 0 Å². The maximum atomic E-state index is 11.1. The van der Waals surface area contributed by atoms with Gasteiger partial charge in [0, 0.05) is 30.2 Å². The fourth-order valence-electron chi connectivity index (χ4n) is 2.17. The van der Waals surface area contributed by atoms with Crippen LogP contribution < -0.4 is 5.73 Å². The number of nitrogens with two attached hydrogens (primary N) is 1. The third-order valence-corrected chi connectivity index (χ3v) is 3.03. The van der Waals surface area contributed by atoms with Crippen LogP contribution in [-0.2, 0) is 6.54 Å². The quantitative estimate of drug-likeness (QED) is 0.849. The van der Waals surface area contributed by atoms with E-state index in [4.69, 9.17) is 10.8 Å². The van der Waals surface area contributed by atoms with Gasteiger partial charge in [-0.25, -0.2) is 4.79 Å². The number of benzene rings is 1. The molecular weight excluding hydrogens is 216 g/mol. The molecule has 90 valence electrons. The lowest BCUT2D eigenvalue weighted by Gasteiger charge is -2.05. The predicted octanol–water partition coefficient (Wildman–Crippen LogP) is 1.92. The normalized spacial score (nSPS) is 11.0. The molecule has 0 spiro atoms. The number of carbonyl (C=O) groups is 1. The van der Waals surface area contributed by atoms with Crippen LogP contribution in [0.4, 0.5) is 0 Å². The molecule has 0 saturated heterocycles. The van der Waals surface area contributed by atoms with Crippen molar-refractivity contribution in [2.75, 3.05) is 6.54 Å². The van der Waals surface area contributed by atoms with E-state index in [2.05, 4.69) is 4.57 Å². The molecule has 2 rings (SSSR count). The largest absolute Gasteiger partial charge is 0.478 e. The molecule has 4 nitrogen and oxygen atoms in total. The summed E-state index contributed by atoms with van der Waals surface area (Å²) in [6, 6.07) is 3.66. The third-order valence-electron chi connectivity index (χ3n) is 3.03. The van der Waals surface area contributed by atoms with Gasteiger partial charge >= 0.3 is 5.97 Å². The van der Waals surface area contributed by atoms with Gasteiger partial charge in [0.1, 0.15) is 0 Å². The van der Waals surface area contributed by atoms with Crippen LogP contribution in [0.25, 0.3) is 10.9 Å². The zero-order valence-electron chi connectivity index (χ0n) is 10.0. The Morgan fingerprint density at radius 3 is 2.65 bits per heavy atom. The molecule has 1 heterocycles. The van der Waals surface area contributed by atoms with E-state index in [1.165, 1.54) is 0 Å². The van der Waals surface area contributed by atoms with Crippen LogP contribution in [0.15, 0.2) is 18.3 Å². The predicted molar refractivity (Wildman–Crippen MR) is 67.4 cm³/mol. The van der Waals surface area contributed by atoms with Crippen molar-refractivity contribution in [1.29, 1.82) is 0 Å². The van der Waals surface area contributed by atoms with Crippen molar-refractivity contribution in [2.45, 2.75) is 20.4 Å². The van der Waals surface area contributed by atoms with E-state index in [0.29, 0.717) is 12.1 Å². The summed E-state index contributed by atoms with van der Waals surface area (Å²) in [6.45, 7) is 5.12. The van der Waals surface area contributed by atoms with E-state index < -0.39 is 5.97 Å². The minimum atomic E-state index is -0.879. The Kier molecular flexibility index (Phi) is 2.90. The van der Waals surface area contributed by atoms with Gasteiger partial charge in [-0.2, -0.15) is 0 Å². The number of aromatic nitrogens is 1.